The molecule has 2 aliphatic carbocycles. The van der Waals surface area contributed by atoms with Crippen molar-refractivity contribution in [1.29, 1.82) is 0 Å². The Morgan fingerprint density at radius 1 is 1.38 bits per heavy atom. The van der Waals surface area contributed by atoms with E-state index >= 15 is 0 Å². The Balaban J connectivity index is 1.67. The summed E-state index contributed by atoms with van der Waals surface area (Å²) < 4.78 is 25.1. The van der Waals surface area contributed by atoms with Crippen LogP contribution >= 0.6 is 0 Å². The molecule has 90 valence electrons. The van der Waals surface area contributed by atoms with Gasteiger partial charge in [0.2, 0.25) is 11.8 Å². The van der Waals surface area contributed by atoms with Crippen molar-refractivity contribution in [3.63, 3.8) is 0 Å². The van der Waals surface area contributed by atoms with Gasteiger partial charge in [0.25, 0.3) is 0 Å². The average molecular weight is 229 g/mol. The summed E-state index contributed by atoms with van der Waals surface area (Å²) >= 11 is 0. The number of nitrogens with one attached hydrogen (secondary N) is 1. The summed E-state index contributed by atoms with van der Waals surface area (Å²) in [7, 11) is 0. The van der Waals surface area contributed by atoms with Crippen LogP contribution in [0.3, 0.4) is 0 Å². The molecule has 0 saturated heterocycles. The Hall–Kier alpha value is -0.930. The van der Waals surface area contributed by atoms with E-state index in [1.807, 2.05) is 0 Å². The lowest BCUT2D eigenvalue weighted by molar-refractivity contribution is -0.134. The summed E-state index contributed by atoms with van der Waals surface area (Å²) in [6.07, 6.45) is 7.01. The first kappa shape index (κ1) is 11.6. The second kappa shape index (κ2) is 4.52. The monoisotopic (exact) mass is 229 g/mol. The van der Waals surface area contributed by atoms with Crippen LogP contribution in [0.5, 0.6) is 0 Å². The summed E-state index contributed by atoms with van der Waals surface area (Å²) in [5.74, 6) is -2.70. The molecule has 2 nitrogen and oxygen atoms in total. The maximum Gasteiger partial charge on any atom is 0.248 e. The van der Waals surface area contributed by atoms with Crippen molar-refractivity contribution in [3.05, 3.63) is 12.2 Å². The van der Waals surface area contributed by atoms with Crippen molar-refractivity contribution in [2.45, 2.75) is 50.5 Å². The molecule has 0 radical (unpaired) electrons. The van der Waals surface area contributed by atoms with Crippen molar-refractivity contribution in [2.75, 3.05) is 0 Å². The first-order chi connectivity index (χ1) is 7.55. The SMILES string of the molecule is O=C(CC1CC(F)(F)C1)N[C@@H]1CC=CCC1. The molecule has 2 rings (SSSR count). The van der Waals surface area contributed by atoms with Gasteiger partial charge in [0, 0.05) is 25.3 Å². The summed E-state index contributed by atoms with van der Waals surface area (Å²) in [6.45, 7) is 0. The van der Waals surface area contributed by atoms with E-state index in [0.717, 1.165) is 19.3 Å². The van der Waals surface area contributed by atoms with Crippen LogP contribution < -0.4 is 5.32 Å². The number of rotatable bonds is 3. The molecule has 0 heterocycles. The van der Waals surface area contributed by atoms with Crippen LogP contribution in [-0.2, 0) is 4.79 Å². The lowest BCUT2D eigenvalue weighted by atomic mass is 9.79. The molecule has 1 fully saturated rings. The Morgan fingerprint density at radius 3 is 2.69 bits per heavy atom. The lowest BCUT2D eigenvalue weighted by Gasteiger charge is -2.34. The predicted octanol–water partition coefficient (Wildman–Crippen LogP) is 2.65. The molecule has 16 heavy (non-hydrogen) atoms. The van der Waals surface area contributed by atoms with Crippen LogP contribution in [-0.4, -0.2) is 17.9 Å². The molecule has 0 aromatic rings. The zero-order valence-corrected chi connectivity index (χ0v) is 9.22. The van der Waals surface area contributed by atoms with Gasteiger partial charge in [0.1, 0.15) is 0 Å². The molecule has 0 bridgehead atoms. The topological polar surface area (TPSA) is 29.1 Å². The van der Waals surface area contributed by atoms with E-state index in [1.54, 1.807) is 0 Å². The first-order valence-corrected chi connectivity index (χ1v) is 5.87. The number of amides is 1. The van der Waals surface area contributed by atoms with Gasteiger partial charge in [-0.25, -0.2) is 8.78 Å². The van der Waals surface area contributed by atoms with E-state index in [4.69, 9.17) is 0 Å². The van der Waals surface area contributed by atoms with Crippen LogP contribution in [0.15, 0.2) is 12.2 Å². The van der Waals surface area contributed by atoms with Gasteiger partial charge in [-0.05, 0) is 25.2 Å². The van der Waals surface area contributed by atoms with Gasteiger partial charge in [-0.3, -0.25) is 4.79 Å². The van der Waals surface area contributed by atoms with Gasteiger partial charge in [0.15, 0.2) is 0 Å². The number of halogens is 2. The molecule has 0 aliphatic heterocycles. The van der Waals surface area contributed by atoms with Crippen molar-refractivity contribution >= 4 is 5.91 Å². The van der Waals surface area contributed by atoms with Crippen molar-refractivity contribution < 1.29 is 13.6 Å². The van der Waals surface area contributed by atoms with Crippen molar-refractivity contribution in [2.24, 2.45) is 5.92 Å². The minimum Gasteiger partial charge on any atom is -0.353 e. The van der Waals surface area contributed by atoms with Gasteiger partial charge in [-0.2, -0.15) is 0 Å². The summed E-state index contributed by atoms with van der Waals surface area (Å²) in [6, 6.07) is 0.207. The van der Waals surface area contributed by atoms with E-state index in [-0.39, 0.29) is 37.1 Å². The van der Waals surface area contributed by atoms with E-state index in [2.05, 4.69) is 17.5 Å². The fourth-order valence-electron chi connectivity index (χ4n) is 2.40. The Bertz CT molecular complexity index is 293. The van der Waals surface area contributed by atoms with Crippen LogP contribution in [0.4, 0.5) is 8.78 Å². The Kier molecular flexibility index (Phi) is 3.26. The number of allylic oxidation sites excluding steroid dienone is 1. The fourth-order valence-corrected chi connectivity index (χ4v) is 2.40. The van der Waals surface area contributed by atoms with Crippen LogP contribution in [0, 0.1) is 5.92 Å². The molecule has 1 N–H and O–H groups in total. The molecule has 0 unspecified atom stereocenters. The molecule has 1 saturated carbocycles. The zero-order valence-electron chi connectivity index (χ0n) is 9.22. The second-order valence-corrected chi connectivity index (χ2v) is 4.88. The summed E-state index contributed by atoms with van der Waals surface area (Å²) in [5.41, 5.74) is 0. The maximum absolute atomic E-state index is 12.6. The normalized spacial score (nSPS) is 28.5. The minimum absolute atomic E-state index is 0.0687. The van der Waals surface area contributed by atoms with Gasteiger partial charge in [-0.15, -0.1) is 0 Å². The summed E-state index contributed by atoms with van der Waals surface area (Å²) in [5, 5.41) is 2.91. The molecule has 1 amide bonds. The standard InChI is InChI=1S/C12H17F2NO/c13-12(14)7-9(8-12)6-11(16)15-10-4-2-1-3-5-10/h1-2,9-10H,3-8H2,(H,15,16)/t10-/m1/s1. The van der Waals surface area contributed by atoms with Gasteiger partial charge in [-0.1, -0.05) is 12.2 Å². The third kappa shape index (κ3) is 3.03. The minimum atomic E-state index is -2.52. The van der Waals surface area contributed by atoms with Crippen LogP contribution in [0.1, 0.15) is 38.5 Å². The van der Waals surface area contributed by atoms with E-state index < -0.39 is 5.92 Å². The highest BCUT2D eigenvalue weighted by molar-refractivity contribution is 5.76. The lowest BCUT2D eigenvalue weighted by Crippen LogP contribution is -2.41. The highest BCUT2D eigenvalue weighted by atomic mass is 19.3. The first-order valence-electron chi connectivity index (χ1n) is 5.87. The van der Waals surface area contributed by atoms with Crippen LogP contribution in [0.25, 0.3) is 0 Å². The third-order valence-electron chi connectivity index (χ3n) is 3.28. The molecule has 0 aromatic heterocycles. The number of alkyl halides is 2. The van der Waals surface area contributed by atoms with Crippen LogP contribution in [0.2, 0.25) is 0 Å². The molecule has 4 heteroatoms. The second-order valence-electron chi connectivity index (χ2n) is 4.88. The molecule has 2 aliphatic rings. The predicted molar refractivity (Wildman–Crippen MR) is 57.2 cm³/mol. The quantitative estimate of drug-likeness (QED) is 0.740. The number of carbonyl (C=O) groups excluding carboxylic acids is 1. The highest BCUT2D eigenvalue weighted by Crippen LogP contribution is 2.43. The highest BCUT2D eigenvalue weighted by Gasteiger charge is 2.45. The number of carbonyl (C=O) groups is 1. The van der Waals surface area contributed by atoms with Gasteiger partial charge >= 0.3 is 0 Å². The Morgan fingerprint density at radius 2 is 2.12 bits per heavy atom. The molecular formula is C12H17F2NO. The van der Waals surface area contributed by atoms with E-state index in [0.29, 0.717) is 0 Å². The smallest absolute Gasteiger partial charge is 0.248 e. The maximum atomic E-state index is 12.6. The fraction of sp³-hybridized carbons (Fsp3) is 0.750. The van der Waals surface area contributed by atoms with Crippen molar-refractivity contribution in [3.8, 4) is 0 Å². The van der Waals surface area contributed by atoms with Crippen molar-refractivity contribution in [1.82, 2.24) is 5.32 Å². The average Bonchev–Trinajstić information content (AvgIpc) is 2.16. The summed E-state index contributed by atoms with van der Waals surface area (Å²) in [4.78, 5) is 11.5. The molecule has 0 aromatic carbocycles. The number of hydrogen-bond donors (Lipinski definition) is 1. The van der Waals surface area contributed by atoms with E-state index in [1.165, 1.54) is 0 Å². The largest absolute Gasteiger partial charge is 0.353 e. The van der Waals surface area contributed by atoms with Gasteiger partial charge in [0.05, 0.1) is 0 Å². The molecular weight excluding hydrogens is 212 g/mol. The zero-order chi connectivity index (χ0) is 11.6. The molecule has 1 atom stereocenters. The Labute approximate surface area is 94.1 Å². The van der Waals surface area contributed by atoms with Gasteiger partial charge < -0.3 is 5.32 Å². The number of hydrogen-bond acceptors (Lipinski definition) is 1. The molecule has 0 spiro atoms. The van der Waals surface area contributed by atoms with E-state index in [9.17, 15) is 13.6 Å². The third-order valence-corrected chi connectivity index (χ3v) is 3.28.